The van der Waals surface area contributed by atoms with E-state index < -0.39 is 13.7 Å². The number of hydrogen-bond acceptors (Lipinski definition) is 7. The van der Waals surface area contributed by atoms with E-state index in [9.17, 15) is 9.90 Å². The van der Waals surface area contributed by atoms with Crippen molar-refractivity contribution in [3.8, 4) is 5.75 Å². The van der Waals surface area contributed by atoms with Crippen LogP contribution in [0.15, 0.2) is 108 Å². The summed E-state index contributed by atoms with van der Waals surface area (Å²) < 4.78 is 15.5. The number of nitrogens with one attached hydrogen (secondary N) is 1. The van der Waals surface area contributed by atoms with Crippen LogP contribution < -0.4 is 20.1 Å². The molecule has 53 heavy (non-hydrogen) atoms. The number of halogens is 1. The number of aliphatic hydroxyl groups excluding tert-OH is 1. The van der Waals surface area contributed by atoms with Crippen LogP contribution >= 0.6 is 15.9 Å². The second-order valence-corrected chi connectivity index (χ2v) is 20.1. The Labute approximate surface area is 319 Å². The summed E-state index contributed by atoms with van der Waals surface area (Å²) in [7, 11) is -0.656. The maximum absolute atomic E-state index is 15.1. The Morgan fingerprint density at radius 2 is 1.77 bits per heavy atom. The number of aliphatic hydroxyl groups is 1. The number of carbonyl (C=O) groups is 2. The van der Waals surface area contributed by atoms with Crippen LogP contribution in [-0.2, 0) is 34.6 Å². The minimum Gasteiger partial charge on any atom is -0.497 e. The van der Waals surface area contributed by atoms with Gasteiger partial charge in [-0.05, 0) is 72.1 Å². The molecule has 1 saturated heterocycles. The topological polar surface area (TPSA) is 119 Å². The minimum atomic E-state index is -2.33. The summed E-state index contributed by atoms with van der Waals surface area (Å²) in [6, 6.07) is 31.1. The van der Waals surface area contributed by atoms with Crippen LogP contribution in [0, 0.1) is 5.92 Å². The van der Waals surface area contributed by atoms with Gasteiger partial charge < -0.3 is 24.8 Å². The molecule has 1 fully saturated rings. The number of ether oxygens (including phenoxy) is 2. The predicted molar refractivity (Wildman–Crippen MR) is 211 cm³/mol. The molecule has 0 radical (unpaired) electrons. The van der Waals surface area contributed by atoms with Crippen molar-refractivity contribution in [1.29, 1.82) is 0 Å². The van der Waals surface area contributed by atoms with Gasteiger partial charge in [-0.3, -0.25) is 14.3 Å². The monoisotopic (exact) mass is 793 g/mol. The van der Waals surface area contributed by atoms with E-state index in [2.05, 4.69) is 63.7 Å². The fraction of sp³-hybridized carbons (Fsp3) is 0.317. The van der Waals surface area contributed by atoms with Gasteiger partial charge in [0.2, 0.25) is 0 Å². The summed E-state index contributed by atoms with van der Waals surface area (Å²) in [6.07, 6.45) is 2.71. The first-order valence-corrected chi connectivity index (χ1v) is 21.8. The van der Waals surface area contributed by atoms with E-state index in [4.69, 9.17) is 9.47 Å². The SMILES string of the molecule is COc1ccc([Si](C)(C)[C@@H]2[C@@H](CCn3cc(CCO)nn3)O[C@]3(C(=O)N(Cc4ccc(NC(=O)c5ccccc5)cc4)c4ccc(Br)cc43)[C@H]2C)cc1. The van der Waals surface area contributed by atoms with Crippen LogP contribution in [0.5, 0.6) is 5.75 Å². The van der Waals surface area contributed by atoms with Gasteiger partial charge in [0.25, 0.3) is 11.8 Å². The molecule has 1 spiro atoms. The van der Waals surface area contributed by atoms with E-state index in [-0.39, 0.29) is 36.0 Å². The molecule has 2 amide bonds. The quantitative estimate of drug-likeness (QED) is 0.135. The normalized spacial score (nSPS) is 20.9. The molecule has 5 aromatic rings. The van der Waals surface area contributed by atoms with Crippen molar-refractivity contribution in [1.82, 2.24) is 15.0 Å². The van der Waals surface area contributed by atoms with Crippen LogP contribution in [-0.4, -0.2) is 59.8 Å². The number of fused-ring (bicyclic) bond motifs is 2. The fourth-order valence-corrected chi connectivity index (χ4v) is 12.7. The Morgan fingerprint density at radius 3 is 2.47 bits per heavy atom. The predicted octanol–water partition coefficient (Wildman–Crippen LogP) is 6.69. The molecule has 274 valence electrons. The molecule has 10 nitrogen and oxygen atoms in total. The summed E-state index contributed by atoms with van der Waals surface area (Å²) >= 11 is 3.70. The zero-order valence-corrected chi connectivity index (χ0v) is 32.9. The lowest BCUT2D eigenvalue weighted by atomic mass is 9.82. The van der Waals surface area contributed by atoms with Gasteiger partial charge in [0.15, 0.2) is 5.60 Å². The Bertz CT molecular complexity index is 2090. The third-order valence-electron chi connectivity index (χ3n) is 11.0. The first-order valence-electron chi connectivity index (χ1n) is 17.9. The Hall–Kier alpha value is -4.62. The number of methoxy groups -OCH3 is 1. The Balaban J connectivity index is 1.21. The zero-order valence-electron chi connectivity index (χ0n) is 30.3. The molecule has 3 heterocycles. The van der Waals surface area contributed by atoms with E-state index in [0.717, 1.165) is 32.7 Å². The molecule has 0 saturated carbocycles. The highest BCUT2D eigenvalue weighted by Crippen LogP contribution is 2.60. The number of anilines is 2. The molecule has 2 N–H and O–H groups in total. The molecule has 12 heteroatoms. The summed E-state index contributed by atoms with van der Waals surface area (Å²) in [5.74, 6) is 0.399. The second kappa shape index (κ2) is 15.0. The number of benzene rings is 4. The molecule has 0 unspecified atom stereocenters. The van der Waals surface area contributed by atoms with Crippen molar-refractivity contribution < 1.29 is 24.2 Å². The second-order valence-electron chi connectivity index (χ2n) is 14.5. The van der Waals surface area contributed by atoms with Gasteiger partial charge >= 0.3 is 0 Å². The molecule has 1 aromatic heterocycles. The first-order chi connectivity index (χ1) is 25.5. The highest BCUT2D eigenvalue weighted by molar-refractivity contribution is 9.10. The van der Waals surface area contributed by atoms with Crippen LogP contribution in [0.25, 0.3) is 0 Å². The van der Waals surface area contributed by atoms with Crippen LogP contribution in [0.1, 0.15) is 40.5 Å². The van der Waals surface area contributed by atoms with Gasteiger partial charge in [-0.2, -0.15) is 0 Å². The van der Waals surface area contributed by atoms with Crippen LogP contribution in [0.2, 0.25) is 18.6 Å². The van der Waals surface area contributed by atoms with E-state index in [0.29, 0.717) is 37.2 Å². The van der Waals surface area contributed by atoms with Gasteiger partial charge in [-0.25, -0.2) is 0 Å². The molecule has 7 rings (SSSR count). The summed E-state index contributed by atoms with van der Waals surface area (Å²) in [6.45, 7) is 7.85. The smallest absolute Gasteiger partial charge is 0.264 e. The third kappa shape index (κ3) is 6.96. The zero-order chi connectivity index (χ0) is 37.3. The molecule has 2 aliphatic rings. The molecule has 4 aromatic carbocycles. The average molecular weight is 795 g/mol. The molecule has 2 aliphatic heterocycles. The van der Waals surface area contributed by atoms with E-state index >= 15 is 4.79 Å². The van der Waals surface area contributed by atoms with E-state index in [1.54, 1.807) is 19.2 Å². The number of nitrogens with zero attached hydrogens (tertiary/aromatic N) is 4. The number of hydrogen-bond donors (Lipinski definition) is 2. The summed E-state index contributed by atoms with van der Waals surface area (Å²) in [5, 5.41) is 22.2. The van der Waals surface area contributed by atoms with Gasteiger partial charge in [-0.15, -0.1) is 5.10 Å². The van der Waals surface area contributed by atoms with Crippen molar-refractivity contribution in [3.05, 3.63) is 130 Å². The van der Waals surface area contributed by atoms with Gasteiger partial charge in [0, 0.05) is 53.0 Å². The number of aromatic nitrogens is 3. The standard InChI is InChI=1S/C41H44BrN5O5Si/c1-27-38(53(3,4)34-17-15-33(51-2)16-18-34)37(20-22-46-26-32(21-23-48)44-45-46)52-41(27)35-24-30(42)12-19-36(35)47(40(41)50)25-28-10-13-31(14-11-28)43-39(49)29-8-6-5-7-9-29/h5-19,24,26-27,37-38,48H,20-23,25H2,1-4H3,(H,43,49)/t27-,37+,38-,41+/m0/s1. The van der Waals surface area contributed by atoms with Crippen LogP contribution in [0.3, 0.4) is 0 Å². The lowest BCUT2D eigenvalue weighted by Crippen LogP contribution is -2.51. The first kappa shape index (κ1) is 36.7. The Morgan fingerprint density at radius 1 is 1.04 bits per heavy atom. The van der Waals surface area contributed by atoms with Crippen molar-refractivity contribution in [3.63, 3.8) is 0 Å². The van der Waals surface area contributed by atoms with Crippen molar-refractivity contribution in [2.75, 3.05) is 23.9 Å². The third-order valence-corrected chi connectivity index (χ3v) is 15.8. The van der Waals surface area contributed by atoms with E-state index in [1.807, 2.05) is 88.6 Å². The number of amides is 2. The molecule has 0 bridgehead atoms. The van der Waals surface area contributed by atoms with Crippen molar-refractivity contribution >= 4 is 52.4 Å². The van der Waals surface area contributed by atoms with E-state index in [1.165, 1.54) is 5.19 Å². The maximum atomic E-state index is 15.1. The van der Waals surface area contributed by atoms with Gasteiger partial charge in [-0.1, -0.05) is 88.8 Å². The average Bonchev–Trinajstić information content (AvgIpc) is 3.81. The summed E-state index contributed by atoms with van der Waals surface area (Å²) in [4.78, 5) is 29.8. The number of rotatable bonds is 12. The highest BCUT2D eigenvalue weighted by atomic mass is 79.9. The van der Waals surface area contributed by atoms with Crippen LogP contribution in [0.4, 0.5) is 11.4 Å². The fourth-order valence-electron chi connectivity index (χ4n) is 8.32. The summed E-state index contributed by atoms with van der Waals surface area (Å²) in [5.41, 5.74) is 3.50. The minimum absolute atomic E-state index is 0.0107. The molecule has 4 atom stereocenters. The molecular weight excluding hydrogens is 750 g/mol. The Kier molecular flexibility index (Phi) is 10.4. The lowest BCUT2D eigenvalue weighted by molar-refractivity contribution is -0.146. The molecular formula is C41H44BrN5O5Si. The van der Waals surface area contributed by atoms with Crippen molar-refractivity contribution in [2.45, 2.75) is 63.2 Å². The number of carbonyl (C=O) groups excluding carboxylic acids is 2. The largest absolute Gasteiger partial charge is 0.497 e. The highest BCUT2D eigenvalue weighted by Gasteiger charge is 2.66. The number of aryl methyl sites for hydroxylation is 1. The maximum Gasteiger partial charge on any atom is 0.264 e. The molecule has 0 aliphatic carbocycles. The van der Waals surface area contributed by atoms with Gasteiger partial charge in [0.1, 0.15) is 5.75 Å². The van der Waals surface area contributed by atoms with Gasteiger partial charge in [0.05, 0.1) is 39.2 Å². The lowest BCUT2D eigenvalue weighted by Gasteiger charge is -2.37. The van der Waals surface area contributed by atoms with Crippen molar-refractivity contribution in [2.24, 2.45) is 5.92 Å².